The largest absolute Gasteiger partial charge is 0.478 e. The molecule has 0 aliphatic heterocycles. The third-order valence-electron chi connectivity index (χ3n) is 4.92. The van der Waals surface area contributed by atoms with Gasteiger partial charge < -0.3 is 13.6 Å². The molecule has 0 atom stereocenters. The molecule has 5 aromatic rings. The van der Waals surface area contributed by atoms with E-state index in [1.54, 1.807) is 42.5 Å². The van der Waals surface area contributed by atoms with Gasteiger partial charge in [-0.2, -0.15) is 0 Å². The Hall–Kier alpha value is -4.12. The summed E-state index contributed by atoms with van der Waals surface area (Å²) < 4.78 is 17.0. The maximum Gasteiger partial charge on any atom is 0.235 e. The van der Waals surface area contributed by atoms with Crippen LogP contribution < -0.4 is 10.2 Å². The van der Waals surface area contributed by atoms with Crippen molar-refractivity contribution in [3.8, 4) is 17.3 Å². The van der Waals surface area contributed by atoms with E-state index in [0.29, 0.717) is 22.3 Å². The molecule has 2 aromatic heterocycles. The van der Waals surface area contributed by atoms with Crippen LogP contribution >= 0.6 is 0 Å². The lowest BCUT2D eigenvalue weighted by atomic mass is 10.0. The van der Waals surface area contributed by atoms with Crippen molar-refractivity contribution in [3.05, 3.63) is 101 Å². The zero-order valence-corrected chi connectivity index (χ0v) is 15.8. The predicted octanol–water partition coefficient (Wildman–Crippen LogP) is 5.47. The van der Waals surface area contributed by atoms with Gasteiger partial charge in [0.1, 0.15) is 5.58 Å². The van der Waals surface area contributed by atoms with E-state index in [-0.39, 0.29) is 29.3 Å². The van der Waals surface area contributed by atoms with E-state index in [2.05, 4.69) is 0 Å². The van der Waals surface area contributed by atoms with Gasteiger partial charge in [0.15, 0.2) is 18.2 Å². The number of carbonyl (C=O) groups is 1. The minimum Gasteiger partial charge on any atom is -0.478 e. The van der Waals surface area contributed by atoms with Crippen molar-refractivity contribution < 1.29 is 18.4 Å². The minimum absolute atomic E-state index is 0.0437. The van der Waals surface area contributed by atoms with Crippen molar-refractivity contribution in [2.45, 2.75) is 0 Å². The first-order valence-corrected chi connectivity index (χ1v) is 9.45. The fourth-order valence-electron chi connectivity index (χ4n) is 3.41. The van der Waals surface area contributed by atoms with Gasteiger partial charge in [0.2, 0.25) is 16.9 Å². The molecule has 0 aliphatic rings. The highest BCUT2D eigenvalue weighted by atomic mass is 16.5. The van der Waals surface area contributed by atoms with Crippen LogP contribution in [0.1, 0.15) is 10.4 Å². The molecule has 3 aromatic carbocycles. The summed E-state index contributed by atoms with van der Waals surface area (Å²) in [5.41, 5.74) is 0.579. The molecule has 0 saturated heterocycles. The van der Waals surface area contributed by atoms with E-state index < -0.39 is 0 Å². The Kier molecular flexibility index (Phi) is 4.41. The lowest BCUT2D eigenvalue weighted by Gasteiger charge is -2.10. The quantitative estimate of drug-likeness (QED) is 0.369. The van der Waals surface area contributed by atoms with Crippen LogP contribution in [-0.4, -0.2) is 12.4 Å². The fourth-order valence-corrected chi connectivity index (χ4v) is 3.41. The summed E-state index contributed by atoms with van der Waals surface area (Å²) in [4.78, 5) is 25.8. The number of carbonyl (C=O) groups excluding carboxylic acids is 1. The Labute approximate surface area is 171 Å². The van der Waals surface area contributed by atoms with E-state index in [9.17, 15) is 9.59 Å². The molecule has 30 heavy (non-hydrogen) atoms. The topological polar surface area (TPSA) is 69.7 Å². The van der Waals surface area contributed by atoms with E-state index in [0.717, 1.165) is 10.8 Å². The van der Waals surface area contributed by atoms with Gasteiger partial charge in [0.05, 0.1) is 11.6 Å². The monoisotopic (exact) mass is 396 g/mol. The number of hydrogen-bond acceptors (Lipinski definition) is 5. The highest BCUT2D eigenvalue weighted by Gasteiger charge is 2.20. The number of benzene rings is 3. The zero-order chi connectivity index (χ0) is 20.5. The first-order chi connectivity index (χ1) is 14.7. The number of ketones is 1. The zero-order valence-electron chi connectivity index (χ0n) is 15.8. The van der Waals surface area contributed by atoms with Crippen molar-refractivity contribution in [1.29, 1.82) is 0 Å². The number of hydrogen-bond donors (Lipinski definition) is 0. The Bertz CT molecular complexity index is 1430. The molecular formula is C25H16O5. The Balaban J connectivity index is 1.51. The molecule has 0 fully saturated rings. The molecule has 0 aliphatic carbocycles. The number of Topliss-reactive ketones (excluding diaryl/α,β-unsaturated/α-hetero) is 1. The molecule has 146 valence electrons. The third kappa shape index (κ3) is 3.16. The van der Waals surface area contributed by atoms with Crippen LogP contribution in [0.3, 0.4) is 0 Å². The molecule has 0 N–H and O–H groups in total. The van der Waals surface area contributed by atoms with Crippen molar-refractivity contribution in [2.75, 3.05) is 6.61 Å². The predicted molar refractivity (Wildman–Crippen MR) is 114 cm³/mol. The minimum atomic E-state index is -0.352. The molecule has 2 heterocycles. The van der Waals surface area contributed by atoms with Crippen LogP contribution in [-0.2, 0) is 0 Å². The Morgan fingerprint density at radius 2 is 1.67 bits per heavy atom. The number of rotatable bonds is 5. The molecule has 0 spiro atoms. The highest BCUT2D eigenvalue weighted by Crippen LogP contribution is 2.31. The number of para-hydroxylation sites is 1. The van der Waals surface area contributed by atoms with Crippen LogP contribution in [0.25, 0.3) is 33.3 Å². The SMILES string of the molecule is O=C(COc1c(-c2ccco2)oc2ccccc2c1=O)c1ccc2ccccc2c1. The summed E-state index contributed by atoms with van der Waals surface area (Å²) >= 11 is 0. The molecular weight excluding hydrogens is 380 g/mol. The maximum absolute atomic E-state index is 13.0. The molecule has 0 bridgehead atoms. The van der Waals surface area contributed by atoms with Crippen LogP contribution in [0.4, 0.5) is 0 Å². The molecule has 5 nitrogen and oxygen atoms in total. The van der Waals surface area contributed by atoms with Crippen molar-refractivity contribution in [3.63, 3.8) is 0 Å². The third-order valence-corrected chi connectivity index (χ3v) is 4.92. The summed E-state index contributed by atoms with van der Waals surface area (Å²) in [7, 11) is 0. The van der Waals surface area contributed by atoms with Gasteiger partial charge in [-0.05, 0) is 41.1 Å². The van der Waals surface area contributed by atoms with Crippen LogP contribution in [0.5, 0.6) is 5.75 Å². The van der Waals surface area contributed by atoms with Gasteiger partial charge in [-0.25, -0.2) is 0 Å². The van der Waals surface area contributed by atoms with Crippen LogP contribution in [0.2, 0.25) is 0 Å². The lowest BCUT2D eigenvalue weighted by molar-refractivity contribution is 0.0920. The Morgan fingerprint density at radius 3 is 2.50 bits per heavy atom. The van der Waals surface area contributed by atoms with Gasteiger partial charge >= 0.3 is 0 Å². The normalized spacial score (nSPS) is 11.1. The standard InChI is InChI=1S/C25H16O5/c26-20(18-12-11-16-6-1-2-7-17(16)14-18)15-29-25-23(27)19-8-3-4-9-21(19)30-24(25)22-10-5-13-28-22/h1-14H,15H2. The Morgan fingerprint density at radius 1 is 0.867 bits per heavy atom. The second-order valence-corrected chi connectivity index (χ2v) is 6.84. The molecule has 5 rings (SSSR count). The molecule has 0 amide bonds. The van der Waals surface area contributed by atoms with E-state index in [1.807, 2.05) is 36.4 Å². The molecule has 0 saturated carbocycles. The molecule has 5 heteroatoms. The summed E-state index contributed by atoms with van der Waals surface area (Å²) in [6, 6.07) is 23.5. The second-order valence-electron chi connectivity index (χ2n) is 6.84. The van der Waals surface area contributed by atoms with E-state index in [4.69, 9.17) is 13.6 Å². The van der Waals surface area contributed by atoms with E-state index in [1.165, 1.54) is 6.26 Å². The molecule has 0 unspecified atom stereocenters. The second kappa shape index (κ2) is 7.37. The van der Waals surface area contributed by atoms with Crippen molar-refractivity contribution in [1.82, 2.24) is 0 Å². The van der Waals surface area contributed by atoms with Gasteiger partial charge in [-0.1, -0.05) is 48.5 Å². The first kappa shape index (κ1) is 17.9. The van der Waals surface area contributed by atoms with Gasteiger partial charge in [0, 0.05) is 5.56 Å². The first-order valence-electron chi connectivity index (χ1n) is 9.45. The average Bonchev–Trinajstić information content (AvgIpc) is 3.32. The summed E-state index contributed by atoms with van der Waals surface area (Å²) in [5.74, 6) is 0.234. The lowest BCUT2D eigenvalue weighted by Crippen LogP contribution is -2.17. The highest BCUT2D eigenvalue weighted by molar-refractivity contribution is 6.01. The van der Waals surface area contributed by atoms with Crippen molar-refractivity contribution >= 4 is 27.5 Å². The average molecular weight is 396 g/mol. The number of fused-ring (bicyclic) bond motifs is 2. The number of ether oxygens (including phenoxy) is 1. The molecule has 0 radical (unpaired) electrons. The summed E-state index contributed by atoms with van der Waals surface area (Å²) in [5, 5.41) is 2.39. The van der Waals surface area contributed by atoms with Crippen LogP contribution in [0, 0.1) is 0 Å². The van der Waals surface area contributed by atoms with Gasteiger partial charge in [-0.3, -0.25) is 9.59 Å². The van der Waals surface area contributed by atoms with Gasteiger partial charge in [0.25, 0.3) is 0 Å². The summed E-state index contributed by atoms with van der Waals surface area (Å²) in [6.45, 7) is -0.296. The maximum atomic E-state index is 13.0. The number of furan rings is 1. The van der Waals surface area contributed by atoms with Gasteiger partial charge in [-0.15, -0.1) is 0 Å². The summed E-state index contributed by atoms with van der Waals surface area (Å²) in [6.07, 6.45) is 1.48. The van der Waals surface area contributed by atoms with E-state index >= 15 is 0 Å². The van der Waals surface area contributed by atoms with Crippen molar-refractivity contribution in [2.24, 2.45) is 0 Å². The fraction of sp³-hybridized carbons (Fsp3) is 0.0400. The van der Waals surface area contributed by atoms with Crippen LogP contribution in [0.15, 0.2) is 98.8 Å². The smallest absolute Gasteiger partial charge is 0.235 e.